The van der Waals surface area contributed by atoms with Gasteiger partial charge in [0.15, 0.2) is 0 Å². The fraction of sp³-hybridized carbons (Fsp3) is 0.714. The van der Waals surface area contributed by atoms with E-state index in [0.717, 1.165) is 19.1 Å². The molecule has 0 aliphatic heterocycles. The fourth-order valence-corrected chi connectivity index (χ4v) is 5.46. The number of carbonyl (C=O) groups is 2. The first-order valence-corrected chi connectivity index (χ1v) is 9.13. The van der Waals surface area contributed by atoms with E-state index in [1.807, 2.05) is 6.08 Å². The smallest absolute Gasteiger partial charge is 0.310 e. The van der Waals surface area contributed by atoms with E-state index in [2.05, 4.69) is 32.1 Å². The van der Waals surface area contributed by atoms with Crippen molar-refractivity contribution in [2.45, 2.75) is 65.7 Å². The fourth-order valence-electron chi connectivity index (χ4n) is 5.46. The van der Waals surface area contributed by atoms with E-state index in [9.17, 15) is 9.59 Å². The molecule has 0 aromatic rings. The van der Waals surface area contributed by atoms with Crippen LogP contribution < -0.4 is 0 Å². The zero-order valence-corrected chi connectivity index (χ0v) is 15.7. The van der Waals surface area contributed by atoms with E-state index in [-0.39, 0.29) is 17.8 Å². The Hall–Kier alpha value is -1.38. The molecule has 0 aromatic carbocycles. The number of rotatable bonds is 5. The van der Waals surface area contributed by atoms with Crippen LogP contribution in [-0.4, -0.2) is 19.4 Å². The number of carbonyl (C=O) groups excluding carboxylic acids is 2. The molecule has 2 aliphatic rings. The van der Waals surface area contributed by atoms with Gasteiger partial charge in [0.1, 0.15) is 6.29 Å². The van der Waals surface area contributed by atoms with E-state index in [1.54, 1.807) is 0 Å². The van der Waals surface area contributed by atoms with Gasteiger partial charge >= 0.3 is 5.97 Å². The highest BCUT2D eigenvalue weighted by atomic mass is 16.5. The molecular weight excluding hydrogens is 300 g/mol. The average molecular weight is 332 g/mol. The van der Waals surface area contributed by atoms with Crippen LogP contribution in [0.4, 0.5) is 0 Å². The third kappa shape index (κ3) is 3.65. The zero-order valence-electron chi connectivity index (χ0n) is 15.7. The van der Waals surface area contributed by atoms with Gasteiger partial charge in [-0.3, -0.25) is 9.59 Å². The summed E-state index contributed by atoms with van der Waals surface area (Å²) < 4.78 is 4.67. The summed E-state index contributed by atoms with van der Waals surface area (Å²) in [7, 11) is 1.35. The molecule has 0 N–H and O–H groups in total. The van der Waals surface area contributed by atoms with Crippen LogP contribution in [0.25, 0.3) is 0 Å². The van der Waals surface area contributed by atoms with Crippen LogP contribution in [0.1, 0.15) is 65.7 Å². The molecule has 0 bridgehead atoms. The topological polar surface area (TPSA) is 43.4 Å². The van der Waals surface area contributed by atoms with Crippen molar-refractivity contribution >= 4 is 12.3 Å². The summed E-state index contributed by atoms with van der Waals surface area (Å²) in [5.74, 6) is 0.727. The Morgan fingerprint density at radius 2 is 2.04 bits per heavy atom. The number of methoxy groups -OCH3 is 1. The first kappa shape index (κ1) is 19.0. The Morgan fingerprint density at radius 3 is 2.67 bits per heavy atom. The summed E-state index contributed by atoms with van der Waals surface area (Å²) in [4.78, 5) is 22.7. The van der Waals surface area contributed by atoms with Gasteiger partial charge in [0, 0.05) is 0 Å². The van der Waals surface area contributed by atoms with Gasteiger partial charge in [0.2, 0.25) is 0 Å². The molecule has 2 rings (SSSR count). The van der Waals surface area contributed by atoms with Crippen LogP contribution in [0.5, 0.6) is 0 Å². The molecule has 2 saturated carbocycles. The lowest BCUT2D eigenvalue weighted by molar-refractivity contribution is -0.140. The highest BCUT2D eigenvalue weighted by Crippen LogP contribution is 2.62. The Morgan fingerprint density at radius 1 is 1.33 bits per heavy atom. The van der Waals surface area contributed by atoms with Gasteiger partial charge < -0.3 is 4.74 Å². The average Bonchev–Trinajstić information content (AvgIpc) is 2.52. The van der Waals surface area contributed by atoms with Gasteiger partial charge in [-0.1, -0.05) is 51.8 Å². The molecule has 1 unspecified atom stereocenters. The number of hydrogen-bond donors (Lipinski definition) is 0. The van der Waals surface area contributed by atoms with Crippen LogP contribution in [0.15, 0.2) is 23.8 Å². The van der Waals surface area contributed by atoms with Gasteiger partial charge in [-0.2, -0.15) is 0 Å². The molecular formula is C21H32O3. The van der Waals surface area contributed by atoms with Crippen molar-refractivity contribution in [3.8, 4) is 0 Å². The number of esters is 1. The molecule has 0 aromatic heterocycles. The Labute approximate surface area is 146 Å². The number of allylic oxidation sites excluding steroid dienone is 2. The third-order valence-electron chi connectivity index (χ3n) is 6.51. The SMILES string of the molecule is C=C1CC(C)(C)C2CCCC[C@]2(C)[C@H]1C/C=C(/C=O)CC(=O)OC. The van der Waals surface area contributed by atoms with Crippen molar-refractivity contribution in [3.05, 3.63) is 23.8 Å². The van der Waals surface area contributed by atoms with Crippen molar-refractivity contribution in [3.63, 3.8) is 0 Å². The molecule has 3 atom stereocenters. The molecule has 134 valence electrons. The van der Waals surface area contributed by atoms with Crippen LogP contribution in [0, 0.1) is 22.7 Å². The molecule has 0 heterocycles. The third-order valence-corrected chi connectivity index (χ3v) is 6.51. The second-order valence-electron chi connectivity index (χ2n) is 8.57. The molecule has 24 heavy (non-hydrogen) atoms. The van der Waals surface area contributed by atoms with Gasteiger partial charge in [0.25, 0.3) is 0 Å². The summed E-state index contributed by atoms with van der Waals surface area (Å²) in [6.07, 6.45) is 9.75. The first-order valence-electron chi connectivity index (χ1n) is 9.13. The molecule has 0 saturated heterocycles. The van der Waals surface area contributed by atoms with Gasteiger partial charge in [-0.15, -0.1) is 0 Å². The summed E-state index contributed by atoms with van der Waals surface area (Å²) in [6.45, 7) is 11.6. The molecule has 3 nitrogen and oxygen atoms in total. The standard InChI is InChI=1S/C21H32O3/c1-15-13-20(2,3)18-8-6-7-11-21(18,4)17(15)10-9-16(14-22)12-19(23)24-5/h9,14,17-18H,1,6-8,10-13H2,2-5H3/b16-9+/t17-,18?,21+/m0/s1. The summed E-state index contributed by atoms with van der Waals surface area (Å²) in [5.41, 5.74) is 2.37. The molecule has 3 heteroatoms. The van der Waals surface area contributed by atoms with E-state index in [4.69, 9.17) is 0 Å². The molecule has 0 amide bonds. The minimum Gasteiger partial charge on any atom is -0.469 e. The molecule has 0 spiro atoms. The maximum atomic E-state index is 11.4. The molecule has 0 radical (unpaired) electrons. The lowest BCUT2D eigenvalue weighted by Gasteiger charge is -2.58. The lowest BCUT2D eigenvalue weighted by atomic mass is 9.46. The normalized spacial score (nSPS) is 32.8. The highest BCUT2D eigenvalue weighted by molar-refractivity contribution is 5.84. The number of aldehydes is 1. The Balaban J connectivity index is 2.23. The van der Waals surface area contributed by atoms with E-state index < -0.39 is 0 Å². The second-order valence-corrected chi connectivity index (χ2v) is 8.57. The number of hydrogen-bond acceptors (Lipinski definition) is 3. The zero-order chi connectivity index (χ0) is 18.0. The van der Waals surface area contributed by atoms with Gasteiger partial charge in [-0.05, 0) is 53.9 Å². The van der Waals surface area contributed by atoms with Crippen LogP contribution >= 0.6 is 0 Å². The van der Waals surface area contributed by atoms with Crippen molar-refractivity contribution < 1.29 is 14.3 Å². The number of ether oxygens (including phenoxy) is 1. The van der Waals surface area contributed by atoms with Crippen molar-refractivity contribution in [1.82, 2.24) is 0 Å². The quantitative estimate of drug-likeness (QED) is 0.312. The minimum atomic E-state index is -0.362. The van der Waals surface area contributed by atoms with Crippen molar-refractivity contribution in [1.29, 1.82) is 0 Å². The second kappa shape index (κ2) is 7.25. The van der Waals surface area contributed by atoms with Gasteiger partial charge in [0.05, 0.1) is 13.5 Å². The maximum absolute atomic E-state index is 11.4. The van der Waals surface area contributed by atoms with Gasteiger partial charge in [-0.25, -0.2) is 0 Å². The van der Waals surface area contributed by atoms with E-state index >= 15 is 0 Å². The Bertz CT molecular complexity index is 543. The molecule has 2 aliphatic carbocycles. The van der Waals surface area contributed by atoms with Crippen molar-refractivity contribution in [2.24, 2.45) is 22.7 Å². The van der Waals surface area contributed by atoms with Crippen LogP contribution in [-0.2, 0) is 14.3 Å². The molecule has 2 fully saturated rings. The Kier molecular flexibility index (Phi) is 5.72. The summed E-state index contributed by atoms with van der Waals surface area (Å²) in [6, 6.07) is 0. The summed E-state index contributed by atoms with van der Waals surface area (Å²) >= 11 is 0. The van der Waals surface area contributed by atoms with E-state index in [0.29, 0.717) is 22.8 Å². The van der Waals surface area contributed by atoms with E-state index in [1.165, 1.54) is 38.4 Å². The highest BCUT2D eigenvalue weighted by Gasteiger charge is 2.53. The number of fused-ring (bicyclic) bond motifs is 1. The summed E-state index contributed by atoms with van der Waals surface area (Å²) in [5, 5.41) is 0. The monoisotopic (exact) mass is 332 g/mol. The van der Waals surface area contributed by atoms with Crippen LogP contribution in [0.3, 0.4) is 0 Å². The largest absolute Gasteiger partial charge is 0.469 e. The predicted octanol–water partition coefficient (Wildman–Crippen LogP) is 4.86. The van der Waals surface area contributed by atoms with Crippen LogP contribution in [0.2, 0.25) is 0 Å². The first-order chi connectivity index (χ1) is 11.2. The lowest BCUT2D eigenvalue weighted by Crippen LogP contribution is -2.50. The maximum Gasteiger partial charge on any atom is 0.310 e. The van der Waals surface area contributed by atoms with Crippen molar-refractivity contribution in [2.75, 3.05) is 7.11 Å². The predicted molar refractivity (Wildman–Crippen MR) is 96.5 cm³/mol. The minimum absolute atomic E-state index is 0.0603.